The van der Waals surface area contributed by atoms with E-state index in [0.717, 1.165) is 46.8 Å². The molecule has 1 fully saturated rings. The molecule has 0 amide bonds. The fourth-order valence-electron chi connectivity index (χ4n) is 5.68. The lowest BCUT2D eigenvalue weighted by atomic mass is 9.60. The zero-order valence-electron chi connectivity index (χ0n) is 16.5. The molecule has 1 aromatic heterocycles. The third-order valence-corrected chi connectivity index (χ3v) is 7.28. The summed E-state index contributed by atoms with van der Waals surface area (Å²) >= 11 is 0. The van der Waals surface area contributed by atoms with Crippen molar-refractivity contribution in [1.29, 1.82) is 0 Å². The Morgan fingerprint density at radius 1 is 1.07 bits per heavy atom. The monoisotopic (exact) mass is 376 g/mol. The van der Waals surface area contributed by atoms with Gasteiger partial charge in [0.1, 0.15) is 5.82 Å². The van der Waals surface area contributed by atoms with E-state index < -0.39 is 16.6 Å². The molecule has 1 aliphatic heterocycles. The van der Waals surface area contributed by atoms with E-state index in [1.807, 2.05) is 44.2 Å². The summed E-state index contributed by atoms with van der Waals surface area (Å²) in [7, 11) is 0. The van der Waals surface area contributed by atoms with E-state index in [0.29, 0.717) is 5.56 Å². The fraction of sp³-hybridized carbons (Fsp3) is 0.375. The first-order valence-electron chi connectivity index (χ1n) is 9.95. The molecule has 0 spiro atoms. The Morgan fingerprint density at radius 2 is 1.89 bits per heavy atom. The molecule has 1 aliphatic carbocycles. The molecule has 2 unspecified atom stereocenters. The number of hydrogen-bond acceptors (Lipinski definition) is 3. The average molecular weight is 376 g/mol. The maximum absolute atomic E-state index is 15.3. The van der Waals surface area contributed by atoms with Gasteiger partial charge in [-0.25, -0.2) is 4.39 Å². The molecule has 2 aromatic carbocycles. The molecule has 3 nitrogen and oxygen atoms in total. The first-order chi connectivity index (χ1) is 13.3. The molecule has 2 heterocycles. The molecule has 28 heavy (non-hydrogen) atoms. The molecule has 144 valence electrons. The van der Waals surface area contributed by atoms with Gasteiger partial charge in [-0.3, -0.25) is 4.98 Å². The van der Waals surface area contributed by atoms with E-state index in [1.165, 1.54) is 0 Å². The molecule has 0 radical (unpaired) electrons. The normalized spacial score (nSPS) is 27.9. The maximum atomic E-state index is 15.3. The van der Waals surface area contributed by atoms with Crippen LogP contribution in [-0.4, -0.2) is 21.2 Å². The Labute approximate surface area is 164 Å². The lowest BCUT2D eigenvalue weighted by molar-refractivity contribution is -0.0628. The molecular weight excluding hydrogens is 351 g/mol. The highest BCUT2D eigenvalue weighted by molar-refractivity contribution is 5.96. The quantitative estimate of drug-likeness (QED) is 0.596. The Hall–Kier alpha value is -2.46. The SMILES string of the molecule is CC1(C)Nc2cc(F)c(-c3cccc4cnccc34)cc2C2(C)CCCC12O. The standard InChI is InChI=1S/C24H25FN2O/c1-22(2)24(28)10-5-9-23(24,3)19-12-18(20(25)13-21(19)27-22)17-7-4-6-15-14-26-11-8-16(15)17/h4,6-8,11-14,27-28H,5,9-10H2,1-3H3. The zero-order chi connectivity index (χ0) is 19.7. The van der Waals surface area contributed by atoms with Crippen molar-refractivity contribution in [3.63, 3.8) is 0 Å². The first kappa shape index (κ1) is 17.6. The molecule has 2 aliphatic rings. The van der Waals surface area contributed by atoms with Gasteiger partial charge in [0.05, 0.1) is 11.1 Å². The number of aromatic nitrogens is 1. The van der Waals surface area contributed by atoms with Crippen molar-refractivity contribution in [2.24, 2.45) is 0 Å². The van der Waals surface area contributed by atoms with Crippen LogP contribution < -0.4 is 5.32 Å². The minimum Gasteiger partial charge on any atom is -0.387 e. The topological polar surface area (TPSA) is 45.2 Å². The van der Waals surface area contributed by atoms with Crippen LogP contribution in [0, 0.1) is 5.82 Å². The lowest BCUT2D eigenvalue weighted by Gasteiger charge is -2.55. The van der Waals surface area contributed by atoms with Gasteiger partial charge < -0.3 is 10.4 Å². The Bertz CT molecular complexity index is 1100. The number of nitrogens with zero attached hydrogens (tertiary/aromatic N) is 1. The van der Waals surface area contributed by atoms with Crippen LogP contribution in [0.5, 0.6) is 0 Å². The molecule has 5 rings (SSSR count). The fourth-order valence-corrected chi connectivity index (χ4v) is 5.68. The van der Waals surface area contributed by atoms with E-state index in [9.17, 15) is 5.11 Å². The minimum atomic E-state index is -0.870. The summed E-state index contributed by atoms with van der Waals surface area (Å²) in [6.45, 7) is 6.17. The molecular formula is C24H25FN2O. The van der Waals surface area contributed by atoms with E-state index in [4.69, 9.17) is 0 Å². The second-order valence-electron chi connectivity index (χ2n) is 9.08. The van der Waals surface area contributed by atoms with Gasteiger partial charge in [-0.1, -0.05) is 25.1 Å². The molecule has 0 saturated heterocycles. The Kier molecular flexibility index (Phi) is 3.49. The van der Waals surface area contributed by atoms with E-state index in [2.05, 4.69) is 17.2 Å². The number of pyridine rings is 1. The highest BCUT2D eigenvalue weighted by Crippen LogP contribution is 2.59. The Morgan fingerprint density at radius 3 is 2.71 bits per heavy atom. The van der Waals surface area contributed by atoms with Gasteiger partial charge in [0.15, 0.2) is 0 Å². The maximum Gasteiger partial charge on any atom is 0.133 e. The molecule has 1 saturated carbocycles. The summed E-state index contributed by atoms with van der Waals surface area (Å²) in [5.74, 6) is -0.251. The van der Waals surface area contributed by atoms with Crippen LogP contribution in [0.25, 0.3) is 21.9 Å². The van der Waals surface area contributed by atoms with Gasteiger partial charge in [0, 0.05) is 34.4 Å². The predicted molar refractivity (Wildman–Crippen MR) is 111 cm³/mol. The van der Waals surface area contributed by atoms with Crippen molar-refractivity contribution < 1.29 is 9.50 Å². The van der Waals surface area contributed by atoms with Gasteiger partial charge in [-0.05, 0) is 67.8 Å². The number of benzene rings is 2. The van der Waals surface area contributed by atoms with Gasteiger partial charge >= 0.3 is 0 Å². The lowest BCUT2D eigenvalue weighted by Crippen LogP contribution is -2.65. The van der Waals surface area contributed by atoms with Crippen LogP contribution in [0.1, 0.15) is 45.6 Å². The number of fused-ring (bicyclic) bond motifs is 4. The van der Waals surface area contributed by atoms with Crippen molar-refractivity contribution in [2.75, 3.05) is 5.32 Å². The van der Waals surface area contributed by atoms with Crippen molar-refractivity contribution in [3.05, 3.63) is 60.2 Å². The largest absolute Gasteiger partial charge is 0.387 e. The van der Waals surface area contributed by atoms with Gasteiger partial charge in [-0.2, -0.15) is 0 Å². The molecule has 2 atom stereocenters. The van der Waals surface area contributed by atoms with Crippen LogP contribution in [0.3, 0.4) is 0 Å². The second-order valence-corrected chi connectivity index (χ2v) is 9.08. The first-order valence-corrected chi connectivity index (χ1v) is 9.95. The van der Waals surface area contributed by atoms with Crippen LogP contribution in [0.4, 0.5) is 10.1 Å². The smallest absolute Gasteiger partial charge is 0.133 e. The molecule has 3 aromatic rings. The summed E-state index contributed by atoms with van der Waals surface area (Å²) in [6.07, 6.45) is 6.14. The number of rotatable bonds is 1. The summed E-state index contributed by atoms with van der Waals surface area (Å²) in [4.78, 5) is 4.18. The number of hydrogen-bond donors (Lipinski definition) is 2. The number of anilines is 1. The van der Waals surface area contributed by atoms with Crippen LogP contribution in [-0.2, 0) is 5.41 Å². The predicted octanol–water partition coefficient (Wildman–Crippen LogP) is 5.42. The molecule has 0 bridgehead atoms. The summed E-state index contributed by atoms with van der Waals surface area (Å²) in [5.41, 5.74) is 1.43. The van der Waals surface area contributed by atoms with Crippen molar-refractivity contribution >= 4 is 16.5 Å². The summed E-state index contributed by atoms with van der Waals surface area (Å²) < 4.78 is 15.3. The van der Waals surface area contributed by atoms with Gasteiger partial charge in [0.2, 0.25) is 0 Å². The second kappa shape index (κ2) is 5.54. The molecule has 4 heteroatoms. The highest BCUT2D eigenvalue weighted by Gasteiger charge is 2.62. The van der Waals surface area contributed by atoms with Crippen molar-refractivity contribution in [3.8, 4) is 11.1 Å². The highest BCUT2D eigenvalue weighted by atomic mass is 19.1. The van der Waals surface area contributed by atoms with E-state index in [1.54, 1.807) is 18.5 Å². The zero-order valence-corrected chi connectivity index (χ0v) is 16.5. The minimum absolute atomic E-state index is 0.251. The number of aliphatic hydroxyl groups is 1. The van der Waals surface area contributed by atoms with Gasteiger partial charge in [-0.15, -0.1) is 0 Å². The third-order valence-electron chi connectivity index (χ3n) is 7.28. The van der Waals surface area contributed by atoms with Crippen molar-refractivity contribution in [1.82, 2.24) is 4.98 Å². The molecule has 2 N–H and O–H groups in total. The summed E-state index contributed by atoms with van der Waals surface area (Å²) in [5, 5.41) is 17.1. The van der Waals surface area contributed by atoms with Crippen LogP contribution >= 0.6 is 0 Å². The van der Waals surface area contributed by atoms with Crippen LogP contribution in [0.2, 0.25) is 0 Å². The van der Waals surface area contributed by atoms with E-state index >= 15 is 4.39 Å². The van der Waals surface area contributed by atoms with Crippen LogP contribution in [0.15, 0.2) is 48.8 Å². The third kappa shape index (κ3) is 2.10. The van der Waals surface area contributed by atoms with Crippen molar-refractivity contribution in [2.45, 2.75) is 56.6 Å². The van der Waals surface area contributed by atoms with Gasteiger partial charge in [0.25, 0.3) is 0 Å². The number of nitrogens with one attached hydrogen (secondary N) is 1. The summed E-state index contributed by atoms with van der Waals surface area (Å²) in [6, 6.07) is 11.4. The average Bonchev–Trinajstić information content (AvgIpc) is 2.98. The van der Waals surface area contributed by atoms with E-state index in [-0.39, 0.29) is 5.82 Å². The number of halogens is 1. The Balaban J connectivity index is 1.78.